The Kier molecular flexibility index (Phi) is 9.92. The van der Waals surface area contributed by atoms with Crippen molar-refractivity contribution in [2.45, 2.75) is 13.3 Å². The number of ether oxygens (including phenoxy) is 5. The zero-order chi connectivity index (χ0) is 19.2. The summed E-state index contributed by atoms with van der Waals surface area (Å²) in [5.41, 5.74) is 0. The number of para-hydroxylation sites is 4. The number of benzene rings is 2. The van der Waals surface area contributed by atoms with Crippen LogP contribution in [0.5, 0.6) is 23.0 Å². The quantitative estimate of drug-likeness (QED) is 0.510. The van der Waals surface area contributed by atoms with Gasteiger partial charge in [-0.1, -0.05) is 31.2 Å². The predicted octanol–water partition coefficient (Wildman–Crippen LogP) is 3.32. The summed E-state index contributed by atoms with van der Waals surface area (Å²) < 4.78 is 28.0. The van der Waals surface area contributed by atoms with Crippen LogP contribution >= 0.6 is 0 Å². The smallest absolute Gasteiger partial charge is 0.161 e. The van der Waals surface area contributed by atoms with Crippen LogP contribution in [-0.4, -0.2) is 51.4 Å². The van der Waals surface area contributed by atoms with E-state index in [1.807, 2.05) is 42.5 Å². The van der Waals surface area contributed by atoms with Crippen molar-refractivity contribution in [1.29, 1.82) is 0 Å². The Balaban J connectivity index is 1.63. The third kappa shape index (κ3) is 7.76. The summed E-state index contributed by atoms with van der Waals surface area (Å²) in [5.74, 6) is 2.72. The van der Waals surface area contributed by atoms with E-state index in [2.05, 4.69) is 6.92 Å². The molecular formula is C21H28O6. The van der Waals surface area contributed by atoms with Crippen LogP contribution in [0.15, 0.2) is 48.5 Å². The standard InChI is InChI=1S/C21H28O6/c1-2-12-24-18-7-3-5-9-20(18)26-16-14-23-15-17-27-21-10-6-4-8-19(21)25-13-11-22/h3-10,22H,2,11-17H2,1H3. The molecule has 0 spiro atoms. The third-order valence-corrected chi connectivity index (χ3v) is 3.48. The van der Waals surface area contributed by atoms with E-state index in [-0.39, 0.29) is 13.2 Å². The van der Waals surface area contributed by atoms with Gasteiger partial charge in [-0.25, -0.2) is 0 Å². The first-order valence-electron chi connectivity index (χ1n) is 9.23. The molecule has 0 aliphatic carbocycles. The fraction of sp³-hybridized carbons (Fsp3) is 0.429. The second kappa shape index (κ2) is 12.8. The molecule has 0 aliphatic rings. The summed E-state index contributed by atoms with van der Waals surface area (Å²) in [5, 5.41) is 8.85. The Hall–Kier alpha value is -2.44. The molecule has 2 aromatic rings. The molecule has 2 aromatic carbocycles. The van der Waals surface area contributed by atoms with Crippen molar-refractivity contribution in [1.82, 2.24) is 0 Å². The molecule has 0 atom stereocenters. The Morgan fingerprint density at radius 2 is 1.00 bits per heavy atom. The van der Waals surface area contributed by atoms with Crippen LogP contribution in [0.25, 0.3) is 0 Å². The Morgan fingerprint density at radius 1 is 0.593 bits per heavy atom. The van der Waals surface area contributed by atoms with E-state index < -0.39 is 0 Å². The Labute approximate surface area is 160 Å². The Morgan fingerprint density at radius 3 is 1.41 bits per heavy atom. The molecule has 6 nitrogen and oxygen atoms in total. The van der Waals surface area contributed by atoms with E-state index in [1.165, 1.54) is 0 Å². The Bertz CT molecular complexity index is 591. The van der Waals surface area contributed by atoms with Gasteiger partial charge in [-0.05, 0) is 30.7 Å². The van der Waals surface area contributed by atoms with Gasteiger partial charge < -0.3 is 28.8 Å². The minimum absolute atomic E-state index is 0.0376. The van der Waals surface area contributed by atoms with E-state index in [4.69, 9.17) is 28.8 Å². The van der Waals surface area contributed by atoms with Crippen LogP contribution < -0.4 is 18.9 Å². The van der Waals surface area contributed by atoms with Gasteiger partial charge in [0.05, 0.1) is 26.4 Å². The largest absolute Gasteiger partial charge is 0.490 e. The number of aliphatic hydroxyl groups is 1. The molecule has 1 N–H and O–H groups in total. The first kappa shape index (κ1) is 20.9. The zero-order valence-electron chi connectivity index (χ0n) is 15.8. The van der Waals surface area contributed by atoms with Crippen molar-refractivity contribution in [3.05, 3.63) is 48.5 Å². The summed E-state index contributed by atoms with van der Waals surface area (Å²) in [6, 6.07) is 15.0. The summed E-state index contributed by atoms with van der Waals surface area (Å²) in [7, 11) is 0. The SMILES string of the molecule is CCCOc1ccccc1OCCOCCOc1ccccc1OCCO. The minimum Gasteiger partial charge on any atom is -0.490 e. The molecule has 27 heavy (non-hydrogen) atoms. The topological polar surface area (TPSA) is 66.4 Å². The van der Waals surface area contributed by atoms with Crippen LogP contribution in [0.1, 0.15) is 13.3 Å². The molecule has 0 aromatic heterocycles. The molecule has 2 rings (SSSR count). The van der Waals surface area contributed by atoms with Crippen LogP contribution in [0.3, 0.4) is 0 Å². The molecule has 0 heterocycles. The van der Waals surface area contributed by atoms with E-state index in [9.17, 15) is 0 Å². The first-order chi connectivity index (χ1) is 13.3. The average molecular weight is 376 g/mol. The lowest BCUT2D eigenvalue weighted by atomic mass is 10.3. The molecule has 0 unspecified atom stereocenters. The van der Waals surface area contributed by atoms with Gasteiger partial charge in [0.15, 0.2) is 23.0 Å². The third-order valence-electron chi connectivity index (χ3n) is 3.48. The van der Waals surface area contributed by atoms with Crippen molar-refractivity contribution < 1.29 is 28.8 Å². The molecule has 0 amide bonds. The highest BCUT2D eigenvalue weighted by Gasteiger charge is 2.05. The van der Waals surface area contributed by atoms with E-state index >= 15 is 0 Å². The molecule has 0 aliphatic heterocycles. The monoisotopic (exact) mass is 376 g/mol. The maximum atomic E-state index is 8.85. The van der Waals surface area contributed by atoms with Crippen molar-refractivity contribution in [2.75, 3.05) is 46.2 Å². The highest BCUT2D eigenvalue weighted by Crippen LogP contribution is 2.27. The van der Waals surface area contributed by atoms with Crippen LogP contribution in [0.4, 0.5) is 0 Å². The van der Waals surface area contributed by atoms with E-state index in [0.29, 0.717) is 44.5 Å². The average Bonchev–Trinajstić information content (AvgIpc) is 2.71. The zero-order valence-corrected chi connectivity index (χ0v) is 15.8. The van der Waals surface area contributed by atoms with Gasteiger partial charge in [-0.2, -0.15) is 0 Å². The van der Waals surface area contributed by atoms with Crippen LogP contribution in [0, 0.1) is 0 Å². The first-order valence-corrected chi connectivity index (χ1v) is 9.23. The fourth-order valence-corrected chi connectivity index (χ4v) is 2.27. The molecule has 148 valence electrons. The van der Waals surface area contributed by atoms with Crippen LogP contribution in [0.2, 0.25) is 0 Å². The number of hydrogen-bond acceptors (Lipinski definition) is 6. The van der Waals surface area contributed by atoms with E-state index in [0.717, 1.165) is 17.9 Å². The molecule has 0 radical (unpaired) electrons. The van der Waals surface area contributed by atoms with Gasteiger partial charge in [-0.3, -0.25) is 0 Å². The lowest BCUT2D eigenvalue weighted by molar-refractivity contribution is 0.0743. The minimum atomic E-state index is -0.0376. The lowest BCUT2D eigenvalue weighted by Gasteiger charge is -2.13. The van der Waals surface area contributed by atoms with Crippen molar-refractivity contribution in [3.8, 4) is 23.0 Å². The van der Waals surface area contributed by atoms with Gasteiger partial charge in [0.2, 0.25) is 0 Å². The van der Waals surface area contributed by atoms with Gasteiger partial charge in [0, 0.05) is 0 Å². The van der Waals surface area contributed by atoms with Crippen molar-refractivity contribution in [3.63, 3.8) is 0 Å². The maximum absolute atomic E-state index is 8.85. The van der Waals surface area contributed by atoms with Crippen LogP contribution in [-0.2, 0) is 4.74 Å². The van der Waals surface area contributed by atoms with Crippen molar-refractivity contribution in [2.24, 2.45) is 0 Å². The molecule has 0 bridgehead atoms. The maximum Gasteiger partial charge on any atom is 0.161 e. The fourth-order valence-electron chi connectivity index (χ4n) is 2.27. The summed E-state index contributed by atoms with van der Waals surface area (Å²) in [4.78, 5) is 0. The summed E-state index contributed by atoms with van der Waals surface area (Å²) >= 11 is 0. The summed E-state index contributed by atoms with van der Waals surface area (Å²) in [6.07, 6.45) is 0.950. The second-order valence-corrected chi connectivity index (χ2v) is 5.62. The molecule has 0 saturated heterocycles. The highest BCUT2D eigenvalue weighted by molar-refractivity contribution is 5.40. The predicted molar refractivity (Wildman–Crippen MR) is 103 cm³/mol. The van der Waals surface area contributed by atoms with Gasteiger partial charge in [0.25, 0.3) is 0 Å². The number of hydrogen-bond donors (Lipinski definition) is 1. The van der Waals surface area contributed by atoms with E-state index in [1.54, 1.807) is 6.07 Å². The summed E-state index contributed by atoms with van der Waals surface area (Å²) in [6.45, 7) is 4.65. The van der Waals surface area contributed by atoms with Gasteiger partial charge in [0.1, 0.15) is 19.8 Å². The second-order valence-electron chi connectivity index (χ2n) is 5.62. The van der Waals surface area contributed by atoms with Crippen molar-refractivity contribution >= 4 is 0 Å². The molecular weight excluding hydrogens is 348 g/mol. The van der Waals surface area contributed by atoms with Gasteiger partial charge in [-0.15, -0.1) is 0 Å². The lowest BCUT2D eigenvalue weighted by Crippen LogP contribution is -2.13. The molecule has 0 fully saturated rings. The highest BCUT2D eigenvalue weighted by atomic mass is 16.6. The van der Waals surface area contributed by atoms with Gasteiger partial charge >= 0.3 is 0 Å². The number of aliphatic hydroxyl groups excluding tert-OH is 1. The molecule has 6 heteroatoms. The normalized spacial score (nSPS) is 10.4. The number of rotatable bonds is 14. The molecule has 0 saturated carbocycles.